The number of nitrogens with one attached hydrogen (secondary N) is 1. The molecule has 0 bridgehead atoms. The van der Waals surface area contributed by atoms with E-state index in [0.29, 0.717) is 0 Å². The number of carbonyl (C=O) groups excluding carboxylic acids is 1. The normalized spacial score (nSPS) is 23.4. The molecule has 3 N–H and O–H groups in total. The van der Waals surface area contributed by atoms with Gasteiger partial charge in [0.2, 0.25) is 5.91 Å². The van der Waals surface area contributed by atoms with Gasteiger partial charge in [0.25, 0.3) is 0 Å². The van der Waals surface area contributed by atoms with Gasteiger partial charge in [-0.1, -0.05) is 0 Å². The molecular weight excluding hydrogens is 264 g/mol. The fourth-order valence-electron chi connectivity index (χ4n) is 2.18. The molecule has 1 aliphatic rings. The number of piperidine rings is 1. The molecular formula is C13H22N2O5. The van der Waals surface area contributed by atoms with E-state index in [9.17, 15) is 14.4 Å². The lowest BCUT2D eigenvalue weighted by molar-refractivity contribution is -0.159. The summed E-state index contributed by atoms with van der Waals surface area (Å²) in [7, 11) is 0. The molecule has 1 saturated heterocycles. The van der Waals surface area contributed by atoms with E-state index in [4.69, 9.17) is 10.2 Å². The first-order valence-electron chi connectivity index (χ1n) is 6.60. The van der Waals surface area contributed by atoms with Crippen molar-refractivity contribution < 1.29 is 24.6 Å². The topological polar surface area (TPSA) is 107 Å². The monoisotopic (exact) mass is 286 g/mol. The second-order valence-corrected chi connectivity index (χ2v) is 6.12. The summed E-state index contributed by atoms with van der Waals surface area (Å²) < 4.78 is 0. The summed E-state index contributed by atoms with van der Waals surface area (Å²) in [5.41, 5.74) is -0.207. The summed E-state index contributed by atoms with van der Waals surface area (Å²) >= 11 is 0. The van der Waals surface area contributed by atoms with Gasteiger partial charge in [-0.25, -0.2) is 0 Å². The van der Waals surface area contributed by atoms with Crippen molar-refractivity contribution in [1.29, 1.82) is 0 Å². The van der Waals surface area contributed by atoms with Gasteiger partial charge in [-0.15, -0.1) is 0 Å². The van der Waals surface area contributed by atoms with E-state index in [1.807, 2.05) is 20.8 Å². The highest BCUT2D eigenvalue weighted by Crippen LogP contribution is 2.24. The van der Waals surface area contributed by atoms with E-state index in [2.05, 4.69) is 5.32 Å². The molecule has 7 heteroatoms. The number of aliphatic carboxylic acids is 2. The minimum atomic E-state index is -1.17. The van der Waals surface area contributed by atoms with Crippen molar-refractivity contribution in [3.8, 4) is 0 Å². The number of rotatable bonds is 4. The number of likely N-dealkylation sites (tertiary alicyclic amines) is 1. The lowest BCUT2D eigenvalue weighted by Gasteiger charge is -2.35. The summed E-state index contributed by atoms with van der Waals surface area (Å²) in [6.07, 6.45) is 0.174. The second-order valence-electron chi connectivity index (χ2n) is 6.12. The third-order valence-corrected chi connectivity index (χ3v) is 3.37. The Bertz CT molecular complexity index is 402. The van der Waals surface area contributed by atoms with E-state index in [1.54, 1.807) is 0 Å². The van der Waals surface area contributed by atoms with Crippen LogP contribution in [0.1, 0.15) is 27.2 Å². The number of amides is 1. The van der Waals surface area contributed by atoms with Crippen molar-refractivity contribution in [1.82, 2.24) is 10.2 Å². The van der Waals surface area contributed by atoms with Crippen molar-refractivity contribution >= 4 is 17.8 Å². The van der Waals surface area contributed by atoms with Gasteiger partial charge in [-0.3, -0.25) is 14.4 Å². The Morgan fingerprint density at radius 3 is 2.15 bits per heavy atom. The van der Waals surface area contributed by atoms with E-state index in [0.717, 1.165) is 0 Å². The first-order valence-corrected chi connectivity index (χ1v) is 6.60. The maximum Gasteiger partial charge on any atom is 0.309 e. The van der Waals surface area contributed by atoms with Crippen LogP contribution >= 0.6 is 0 Å². The van der Waals surface area contributed by atoms with Gasteiger partial charge >= 0.3 is 11.9 Å². The Morgan fingerprint density at radius 1 is 1.15 bits per heavy atom. The molecule has 114 valence electrons. The molecule has 1 aliphatic heterocycles. The molecule has 2 unspecified atom stereocenters. The molecule has 0 spiro atoms. The van der Waals surface area contributed by atoms with Crippen molar-refractivity contribution in [3.63, 3.8) is 0 Å². The molecule has 1 fully saturated rings. The zero-order valence-electron chi connectivity index (χ0n) is 12.0. The first-order chi connectivity index (χ1) is 9.11. The molecule has 1 amide bonds. The molecule has 0 radical (unpaired) electrons. The molecule has 0 aromatic rings. The quantitative estimate of drug-likeness (QED) is 0.672. The highest BCUT2D eigenvalue weighted by molar-refractivity contribution is 5.83. The van der Waals surface area contributed by atoms with Crippen LogP contribution in [0.15, 0.2) is 0 Å². The minimum Gasteiger partial charge on any atom is -0.481 e. The van der Waals surface area contributed by atoms with E-state index in [-0.39, 0.29) is 37.5 Å². The molecule has 0 saturated carbocycles. The average Bonchev–Trinajstić information content (AvgIpc) is 2.34. The van der Waals surface area contributed by atoms with Crippen molar-refractivity contribution in [3.05, 3.63) is 0 Å². The smallest absolute Gasteiger partial charge is 0.309 e. The molecule has 7 nitrogen and oxygen atoms in total. The van der Waals surface area contributed by atoms with Crippen LogP contribution in [-0.2, 0) is 14.4 Å². The first kappa shape index (κ1) is 16.4. The van der Waals surface area contributed by atoms with Crippen LogP contribution in [-0.4, -0.2) is 58.1 Å². The Morgan fingerprint density at radius 2 is 1.70 bits per heavy atom. The van der Waals surface area contributed by atoms with Crippen LogP contribution < -0.4 is 5.32 Å². The fraction of sp³-hybridized carbons (Fsp3) is 0.769. The number of nitrogens with zero attached hydrogens (tertiary/aromatic N) is 1. The van der Waals surface area contributed by atoms with E-state index < -0.39 is 23.8 Å². The summed E-state index contributed by atoms with van der Waals surface area (Å²) in [6, 6.07) is 0. The summed E-state index contributed by atoms with van der Waals surface area (Å²) in [5, 5.41) is 21.2. The molecule has 1 heterocycles. The number of carbonyl (C=O) groups is 3. The molecule has 0 aromatic heterocycles. The number of hydrogen-bond acceptors (Lipinski definition) is 4. The highest BCUT2D eigenvalue weighted by atomic mass is 16.4. The zero-order valence-corrected chi connectivity index (χ0v) is 12.0. The van der Waals surface area contributed by atoms with Crippen molar-refractivity contribution in [2.75, 3.05) is 19.6 Å². The maximum absolute atomic E-state index is 12.0. The van der Waals surface area contributed by atoms with Gasteiger partial charge in [0.1, 0.15) is 0 Å². The standard InChI is InChI=1S/C13H22N2O5/c1-13(2,3)14-6-10(16)15-5-4-8(11(17)18)9(7-15)12(19)20/h8-9,14H,4-7H2,1-3H3,(H,17,18)(H,19,20). The number of hydrogen-bond donors (Lipinski definition) is 3. The van der Waals surface area contributed by atoms with Gasteiger partial charge in [-0.05, 0) is 27.2 Å². The third-order valence-electron chi connectivity index (χ3n) is 3.37. The number of carboxylic acids is 2. The Kier molecular flexibility index (Phi) is 5.10. The fourth-order valence-corrected chi connectivity index (χ4v) is 2.18. The van der Waals surface area contributed by atoms with Crippen LogP contribution in [0.4, 0.5) is 0 Å². The molecule has 20 heavy (non-hydrogen) atoms. The predicted octanol–water partition coefficient (Wildman–Crippen LogP) is 0.00840. The third kappa shape index (κ3) is 4.48. The van der Waals surface area contributed by atoms with Crippen molar-refractivity contribution in [2.45, 2.75) is 32.7 Å². The highest BCUT2D eigenvalue weighted by Gasteiger charge is 2.39. The largest absolute Gasteiger partial charge is 0.481 e. The van der Waals surface area contributed by atoms with E-state index in [1.165, 1.54) is 4.90 Å². The van der Waals surface area contributed by atoms with Crippen LogP contribution in [0, 0.1) is 11.8 Å². The SMILES string of the molecule is CC(C)(C)NCC(=O)N1CCC(C(=O)O)C(C(=O)O)C1. The maximum atomic E-state index is 12.0. The average molecular weight is 286 g/mol. The molecule has 2 atom stereocenters. The van der Waals surface area contributed by atoms with Crippen molar-refractivity contribution in [2.24, 2.45) is 11.8 Å². The van der Waals surface area contributed by atoms with Gasteiger partial charge in [0, 0.05) is 18.6 Å². The molecule has 0 aromatic carbocycles. The molecule has 1 rings (SSSR count). The Labute approximate surface area is 117 Å². The Balaban J connectivity index is 2.64. The van der Waals surface area contributed by atoms with Crippen LogP contribution in [0.5, 0.6) is 0 Å². The second kappa shape index (κ2) is 6.21. The van der Waals surface area contributed by atoms with Crippen LogP contribution in [0.3, 0.4) is 0 Å². The Hall–Kier alpha value is -1.63. The summed E-state index contributed by atoms with van der Waals surface area (Å²) in [4.78, 5) is 35.6. The minimum absolute atomic E-state index is 0.0447. The lowest BCUT2D eigenvalue weighted by atomic mass is 9.85. The predicted molar refractivity (Wildman–Crippen MR) is 71.2 cm³/mol. The van der Waals surface area contributed by atoms with Gasteiger partial charge in [-0.2, -0.15) is 0 Å². The summed E-state index contributed by atoms with van der Waals surface area (Å²) in [6.45, 7) is 6.14. The van der Waals surface area contributed by atoms with Gasteiger partial charge in [0.15, 0.2) is 0 Å². The molecule has 0 aliphatic carbocycles. The van der Waals surface area contributed by atoms with Crippen LogP contribution in [0.2, 0.25) is 0 Å². The van der Waals surface area contributed by atoms with E-state index >= 15 is 0 Å². The van der Waals surface area contributed by atoms with Gasteiger partial charge in [0.05, 0.1) is 18.4 Å². The zero-order chi connectivity index (χ0) is 15.5. The number of carboxylic acid groups (broad SMARTS) is 2. The summed E-state index contributed by atoms with van der Waals surface area (Å²) in [5.74, 6) is -4.45. The van der Waals surface area contributed by atoms with Gasteiger partial charge < -0.3 is 20.4 Å². The van der Waals surface area contributed by atoms with Crippen LogP contribution in [0.25, 0.3) is 0 Å². The lowest BCUT2D eigenvalue weighted by Crippen LogP contribution is -2.52.